The van der Waals surface area contributed by atoms with Crippen LogP contribution in [0, 0.1) is 6.92 Å². The Kier molecular flexibility index (Phi) is 3.59. The minimum absolute atomic E-state index is 0.444. The van der Waals surface area contributed by atoms with Gasteiger partial charge in [0.25, 0.3) is 0 Å². The molecule has 3 nitrogen and oxygen atoms in total. The Hall–Kier alpha value is -2.39. The minimum Gasteiger partial charge on any atom is -0.344 e. The summed E-state index contributed by atoms with van der Waals surface area (Å²) in [4.78, 5) is 6.79. The number of nitrogens with two attached hydrogens (primary N) is 1. The molecule has 0 spiro atoms. The van der Waals surface area contributed by atoms with Crippen LogP contribution in [0.4, 0.5) is 11.4 Å². The van der Waals surface area contributed by atoms with Crippen LogP contribution in [0.5, 0.6) is 0 Å². The first kappa shape index (κ1) is 13.6. The largest absolute Gasteiger partial charge is 0.344 e. The molecule has 2 N–H and O–H groups in total. The first-order chi connectivity index (χ1) is 10.2. The van der Waals surface area contributed by atoms with Crippen molar-refractivity contribution in [1.82, 2.24) is 4.98 Å². The van der Waals surface area contributed by atoms with Crippen molar-refractivity contribution in [3.05, 3.63) is 65.9 Å². The second-order valence-electron chi connectivity index (χ2n) is 5.25. The van der Waals surface area contributed by atoms with Crippen molar-refractivity contribution in [2.24, 2.45) is 5.73 Å². The van der Waals surface area contributed by atoms with Crippen molar-refractivity contribution in [3.8, 4) is 0 Å². The molecule has 0 aliphatic heterocycles. The van der Waals surface area contributed by atoms with Gasteiger partial charge in [-0.3, -0.25) is 4.98 Å². The molecule has 0 aliphatic rings. The van der Waals surface area contributed by atoms with Crippen LogP contribution in [0.25, 0.3) is 10.9 Å². The number of benzene rings is 2. The molecular weight excluding hydrogens is 258 g/mol. The summed E-state index contributed by atoms with van der Waals surface area (Å²) in [6.07, 6.45) is 0. The lowest BCUT2D eigenvalue weighted by Crippen LogP contribution is -2.12. The summed E-state index contributed by atoms with van der Waals surface area (Å²) < 4.78 is 0. The van der Waals surface area contributed by atoms with Gasteiger partial charge in [-0.1, -0.05) is 30.3 Å². The molecule has 0 bridgehead atoms. The molecule has 0 atom stereocenters. The van der Waals surface area contributed by atoms with Crippen molar-refractivity contribution >= 4 is 22.3 Å². The molecule has 21 heavy (non-hydrogen) atoms. The van der Waals surface area contributed by atoms with Gasteiger partial charge in [-0.15, -0.1) is 0 Å². The number of aryl methyl sites for hydroxylation is 1. The van der Waals surface area contributed by atoms with Gasteiger partial charge in [-0.25, -0.2) is 0 Å². The standard InChI is InChI=1S/C18H19N3/c1-13-6-5-7-15(10-13)21(2)18-11-14(12-19)20-17-9-4-3-8-16(17)18/h3-11H,12,19H2,1-2H3. The number of anilines is 2. The van der Waals surface area contributed by atoms with Gasteiger partial charge in [0.2, 0.25) is 0 Å². The highest BCUT2D eigenvalue weighted by atomic mass is 15.1. The third-order valence-corrected chi connectivity index (χ3v) is 3.71. The van der Waals surface area contributed by atoms with Gasteiger partial charge in [-0.2, -0.15) is 0 Å². The highest BCUT2D eigenvalue weighted by Crippen LogP contribution is 2.31. The van der Waals surface area contributed by atoms with Gasteiger partial charge in [0.15, 0.2) is 0 Å². The minimum atomic E-state index is 0.444. The van der Waals surface area contributed by atoms with Crippen molar-refractivity contribution < 1.29 is 0 Å². The molecule has 1 aromatic heterocycles. The Morgan fingerprint density at radius 1 is 1.05 bits per heavy atom. The number of fused-ring (bicyclic) bond motifs is 1. The van der Waals surface area contributed by atoms with Crippen LogP contribution >= 0.6 is 0 Å². The number of hydrogen-bond donors (Lipinski definition) is 1. The topological polar surface area (TPSA) is 42.1 Å². The third kappa shape index (κ3) is 2.60. The second-order valence-corrected chi connectivity index (χ2v) is 5.25. The summed E-state index contributed by atoms with van der Waals surface area (Å²) in [6, 6.07) is 18.7. The summed E-state index contributed by atoms with van der Waals surface area (Å²) >= 11 is 0. The molecule has 0 fully saturated rings. The monoisotopic (exact) mass is 277 g/mol. The van der Waals surface area contributed by atoms with E-state index < -0.39 is 0 Å². The molecule has 1 heterocycles. The maximum atomic E-state index is 5.79. The molecule has 3 heteroatoms. The fourth-order valence-electron chi connectivity index (χ4n) is 2.57. The average Bonchev–Trinajstić information content (AvgIpc) is 2.53. The Labute approximate surface area is 125 Å². The van der Waals surface area contributed by atoms with Crippen molar-refractivity contribution in [2.75, 3.05) is 11.9 Å². The number of para-hydroxylation sites is 1. The Morgan fingerprint density at radius 2 is 1.86 bits per heavy atom. The molecule has 3 aromatic rings. The number of pyridine rings is 1. The summed E-state index contributed by atoms with van der Waals surface area (Å²) in [6.45, 7) is 2.55. The first-order valence-electron chi connectivity index (χ1n) is 7.08. The van der Waals surface area contributed by atoms with E-state index in [1.807, 2.05) is 18.2 Å². The van der Waals surface area contributed by atoms with Crippen LogP contribution in [0.3, 0.4) is 0 Å². The first-order valence-corrected chi connectivity index (χ1v) is 7.08. The van der Waals surface area contributed by atoms with Crippen LogP contribution in [0.1, 0.15) is 11.3 Å². The average molecular weight is 277 g/mol. The fraction of sp³-hybridized carbons (Fsp3) is 0.167. The number of rotatable bonds is 3. The van der Waals surface area contributed by atoms with Crippen molar-refractivity contribution in [3.63, 3.8) is 0 Å². The zero-order chi connectivity index (χ0) is 14.8. The van der Waals surface area contributed by atoms with E-state index >= 15 is 0 Å². The zero-order valence-corrected chi connectivity index (χ0v) is 12.4. The van der Waals surface area contributed by atoms with Gasteiger partial charge in [0, 0.05) is 24.7 Å². The van der Waals surface area contributed by atoms with Gasteiger partial charge in [0.1, 0.15) is 0 Å². The summed E-state index contributed by atoms with van der Waals surface area (Å²) in [5.74, 6) is 0. The fourth-order valence-corrected chi connectivity index (χ4v) is 2.57. The lowest BCUT2D eigenvalue weighted by atomic mass is 10.1. The van der Waals surface area contributed by atoms with E-state index in [-0.39, 0.29) is 0 Å². The third-order valence-electron chi connectivity index (χ3n) is 3.71. The maximum Gasteiger partial charge on any atom is 0.0726 e. The number of aromatic nitrogens is 1. The van der Waals surface area contributed by atoms with Gasteiger partial charge < -0.3 is 10.6 Å². The smallest absolute Gasteiger partial charge is 0.0726 e. The molecule has 106 valence electrons. The lowest BCUT2D eigenvalue weighted by molar-refractivity contribution is 1.00. The Balaban J connectivity index is 2.18. The van der Waals surface area contributed by atoms with Gasteiger partial charge >= 0.3 is 0 Å². The highest BCUT2D eigenvalue weighted by Gasteiger charge is 2.10. The number of hydrogen-bond acceptors (Lipinski definition) is 3. The predicted octanol–water partition coefficient (Wildman–Crippen LogP) is 3.77. The van der Waals surface area contributed by atoms with Crippen molar-refractivity contribution in [2.45, 2.75) is 13.5 Å². The molecule has 3 rings (SSSR count). The molecule has 0 saturated heterocycles. The molecular formula is C18H19N3. The molecule has 0 amide bonds. The van der Waals surface area contributed by atoms with E-state index in [0.717, 1.165) is 28.0 Å². The number of nitrogens with zero attached hydrogens (tertiary/aromatic N) is 2. The molecule has 2 aromatic carbocycles. The molecule has 0 unspecified atom stereocenters. The highest BCUT2D eigenvalue weighted by molar-refractivity contribution is 5.93. The van der Waals surface area contributed by atoms with E-state index in [4.69, 9.17) is 5.73 Å². The molecule has 0 aliphatic carbocycles. The van der Waals surface area contributed by atoms with Crippen LogP contribution in [-0.2, 0) is 6.54 Å². The van der Waals surface area contributed by atoms with E-state index in [1.165, 1.54) is 5.56 Å². The van der Waals surface area contributed by atoms with Crippen LogP contribution in [-0.4, -0.2) is 12.0 Å². The zero-order valence-electron chi connectivity index (χ0n) is 12.4. The van der Waals surface area contributed by atoms with Crippen LogP contribution < -0.4 is 10.6 Å². The maximum absolute atomic E-state index is 5.79. The van der Waals surface area contributed by atoms with E-state index in [0.29, 0.717) is 6.54 Å². The normalized spacial score (nSPS) is 10.8. The summed E-state index contributed by atoms with van der Waals surface area (Å²) in [5, 5.41) is 1.14. The van der Waals surface area contributed by atoms with Gasteiger partial charge in [0.05, 0.1) is 16.9 Å². The molecule has 0 radical (unpaired) electrons. The summed E-state index contributed by atoms with van der Waals surface area (Å²) in [5.41, 5.74) is 11.2. The SMILES string of the molecule is Cc1cccc(N(C)c2cc(CN)nc3ccccc23)c1. The summed E-state index contributed by atoms with van der Waals surface area (Å²) in [7, 11) is 2.08. The van der Waals surface area contributed by atoms with E-state index in [1.54, 1.807) is 0 Å². The van der Waals surface area contributed by atoms with Crippen molar-refractivity contribution in [1.29, 1.82) is 0 Å². The Morgan fingerprint density at radius 3 is 2.62 bits per heavy atom. The van der Waals surface area contributed by atoms with E-state index in [9.17, 15) is 0 Å². The van der Waals surface area contributed by atoms with Crippen LogP contribution in [0.15, 0.2) is 54.6 Å². The quantitative estimate of drug-likeness (QED) is 0.792. The second kappa shape index (κ2) is 5.54. The van der Waals surface area contributed by atoms with Crippen LogP contribution in [0.2, 0.25) is 0 Å². The van der Waals surface area contributed by atoms with Gasteiger partial charge in [-0.05, 0) is 36.8 Å². The van der Waals surface area contributed by atoms with E-state index in [2.05, 4.69) is 60.3 Å². The predicted molar refractivity (Wildman–Crippen MR) is 88.9 cm³/mol. The molecule has 0 saturated carbocycles. The lowest BCUT2D eigenvalue weighted by Gasteiger charge is -2.22. The Bertz CT molecular complexity index is 780.